The summed E-state index contributed by atoms with van der Waals surface area (Å²) in [6.45, 7) is 6.35. The van der Waals surface area contributed by atoms with Crippen LogP contribution in [0.3, 0.4) is 0 Å². The molecule has 1 unspecified atom stereocenters. The van der Waals surface area contributed by atoms with Crippen molar-refractivity contribution in [2.75, 3.05) is 59.0 Å². The molecule has 11 heteroatoms. The number of esters is 1. The number of carbonyl (C=O) groups is 2. The standard InChI is InChI=1S/C28H35N5O6/c1-19(34)31-24(28(35)37-3)15-20-5-7-21(8-6-20)32-27-22-16-26(25(36-2)17-23(22)29-18-30-27)39-12-4-9-33-10-13-38-14-11-33/h5-8,16-18,24H,4,9-15H2,1-3H3,(H,31,34)(H,29,30,32). The van der Waals surface area contributed by atoms with Crippen LogP contribution in [0.5, 0.6) is 11.5 Å². The van der Waals surface area contributed by atoms with Gasteiger partial charge in [0.2, 0.25) is 5.91 Å². The molecule has 1 aliphatic heterocycles. The number of benzene rings is 2. The Morgan fingerprint density at radius 1 is 1.08 bits per heavy atom. The van der Waals surface area contributed by atoms with E-state index in [4.69, 9.17) is 18.9 Å². The van der Waals surface area contributed by atoms with Crippen LogP contribution in [-0.4, -0.2) is 86.5 Å². The van der Waals surface area contributed by atoms with Crippen LogP contribution >= 0.6 is 0 Å². The second-order valence-corrected chi connectivity index (χ2v) is 9.20. The molecule has 0 saturated carbocycles. The molecular formula is C28H35N5O6. The van der Waals surface area contributed by atoms with Crippen LogP contribution in [0.4, 0.5) is 11.5 Å². The molecule has 1 saturated heterocycles. The maximum absolute atomic E-state index is 12.0. The lowest BCUT2D eigenvalue weighted by molar-refractivity contribution is -0.144. The smallest absolute Gasteiger partial charge is 0.328 e. The van der Waals surface area contributed by atoms with Crippen LogP contribution in [0.15, 0.2) is 42.7 Å². The van der Waals surface area contributed by atoms with E-state index in [-0.39, 0.29) is 5.91 Å². The van der Waals surface area contributed by atoms with Crippen LogP contribution < -0.4 is 20.1 Å². The molecule has 4 rings (SSSR count). The molecule has 1 atom stereocenters. The third kappa shape index (κ3) is 7.78. The molecular weight excluding hydrogens is 502 g/mol. The van der Waals surface area contributed by atoms with Crippen LogP contribution in [0.2, 0.25) is 0 Å². The first-order chi connectivity index (χ1) is 19.0. The molecule has 11 nitrogen and oxygen atoms in total. The van der Waals surface area contributed by atoms with Crippen molar-refractivity contribution in [3.05, 3.63) is 48.3 Å². The van der Waals surface area contributed by atoms with E-state index < -0.39 is 12.0 Å². The van der Waals surface area contributed by atoms with Gasteiger partial charge in [0.05, 0.1) is 39.6 Å². The van der Waals surface area contributed by atoms with Gasteiger partial charge < -0.3 is 29.6 Å². The van der Waals surface area contributed by atoms with E-state index in [0.717, 1.165) is 61.4 Å². The number of ether oxygens (including phenoxy) is 4. The molecule has 0 radical (unpaired) electrons. The highest BCUT2D eigenvalue weighted by molar-refractivity contribution is 5.93. The number of hydrogen-bond donors (Lipinski definition) is 2. The van der Waals surface area contributed by atoms with Gasteiger partial charge in [-0.3, -0.25) is 9.69 Å². The zero-order valence-electron chi connectivity index (χ0n) is 22.6. The minimum atomic E-state index is -0.751. The van der Waals surface area contributed by atoms with Gasteiger partial charge in [0.25, 0.3) is 0 Å². The van der Waals surface area contributed by atoms with Gasteiger partial charge in [0.15, 0.2) is 11.5 Å². The Kier molecular flexibility index (Phi) is 9.87. The van der Waals surface area contributed by atoms with Gasteiger partial charge in [0.1, 0.15) is 18.2 Å². The minimum absolute atomic E-state index is 0.295. The van der Waals surface area contributed by atoms with E-state index in [1.54, 1.807) is 7.11 Å². The lowest BCUT2D eigenvalue weighted by Gasteiger charge is -2.26. The fraction of sp³-hybridized carbons (Fsp3) is 0.429. The van der Waals surface area contributed by atoms with Crippen LogP contribution in [-0.2, 0) is 25.5 Å². The van der Waals surface area contributed by atoms with Gasteiger partial charge in [-0.05, 0) is 30.2 Å². The normalized spacial score (nSPS) is 14.4. The topological polar surface area (TPSA) is 124 Å². The SMILES string of the molecule is COC(=O)C(Cc1ccc(Nc2ncnc3cc(OC)c(OCCCN4CCOCC4)cc23)cc1)NC(C)=O. The number of methoxy groups -OCH3 is 2. The lowest BCUT2D eigenvalue weighted by Crippen LogP contribution is -2.41. The van der Waals surface area contributed by atoms with Gasteiger partial charge in [-0.2, -0.15) is 0 Å². The molecule has 1 amide bonds. The quantitative estimate of drug-likeness (QED) is 0.263. The molecule has 208 valence electrons. The maximum Gasteiger partial charge on any atom is 0.328 e. The number of nitrogens with one attached hydrogen (secondary N) is 2. The first-order valence-electron chi connectivity index (χ1n) is 12.9. The third-order valence-electron chi connectivity index (χ3n) is 6.42. The summed E-state index contributed by atoms with van der Waals surface area (Å²) in [6.07, 6.45) is 2.70. The molecule has 3 aromatic rings. The highest BCUT2D eigenvalue weighted by Gasteiger charge is 2.20. The Morgan fingerprint density at radius 2 is 1.85 bits per heavy atom. The van der Waals surface area contributed by atoms with Crippen molar-refractivity contribution < 1.29 is 28.5 Å². The van der Waals surface area contributed by atoms with Gasteiger partial charge in [-0.25, -0.2) is 14.8 Å². The summed E-state index contributed by atoms with van der Waals surface area (Å²) in [6, 6.07) is 10.5. The van der Waals surface area contributed by atoms with Gasteiger partial charge in [-0.15, -0.1) is 0 Å². The second-order valence-electron chi connectivity index (χ2n) is 9.20. The van der Waals surface area contributed by atoms with Crippen LogP contribution in [0, 0.1) is 0 Å². The minimum Gasteiger partial charge on any atom is -0.493 e. The third-order valence-corrected chi connectivity index (χ3v) is 6.42. The van der Waals surface area contributed by atoms with Crippen molar-refractivity contribution >= 4 is 34.3 Å². The van der Waals surface area contributed by atoms with E-state index in [1.807, 2.05) is 36.4 Å². The predicted octanol–water partition coefficient (Wildman–Crippen LogP) is 2.70. The average Bonchev–Trinajstić information content (AvgIpc) is 2.95. The van der Waals surface area contributed by atoms with Gasteiger partial charge >= 0.3 is 5.97 Å². The Hall–Kier alpha value is -3.96. The number of carbonyl (C=O) groups excluding carboxylic acids is 2. The number of aromatic nitrogens is 2. The Bertz CT molecular complexity index is 1260. The van der Waals surface area contributed by atoms with E-state index in [9.17, 15) is 9.59 Å². The molecule has 2 heterocycles. The summed E-state index contributed by atoms with van der Waals surface area (Å²) in [7, 11) is 2.91. The maximum atomic E-state index is 12.0. The number of fused-ring (bicyclic) bond motifs is 1. The summed E-state index contributed by atoms with van der Waals surface area (Å²) in [5.74, 6) is 1.08. The average molecular weight is 538 g/mol. The zero-order valence-corrected chi connectivity index (χ0v) is 22.6. The number of hydrogen-bond acceptors (Lipinski definition) is 10. The van der Waals surface area contributed by atoms with Crippen molar-refractivity contribution in [1.29, 1.82) is 0 Å². The highest BCUT2D eigenvalue weighted by Crippen LogP contribution is 2.35. The number of morpholine rings is 1. The van der Waals surface area contributed by atoms with Crippen molar-refractivity contribution in [3.63, 3.8) is 0 Å². The Labute approximate surface area is 227 Å². The number of anilines is 2. The molecule has 0 bridgehead atoms. The molecule has 0 aliphatic carbocycles. The molecule has 1 aromatic heterocycles. The summed E-state index contributed by atoms with van der Waals surface area (Å²) in [4.78, 5) is 34.7. The number of amides is 1. The summed E-state index contributed by atoms with van der Waals surface area (Å²) in [5, 5.41) is 6.76. The van der Waals surface area contributed by atoms with E-state index in [2.05, 4.69) is 25.5 Å². The fourth-order valence-electron chi connectivity index (χ4n) is 4.41. The summed E-state index contributed by atoms with van der Waals surface area (Å²) < 4.78 is 21.9. The molecule has 2 aromatic carbocycles. The van der Waals surface area contributed by atoms with Crippen molar-refractivity contribution in [1.82, 2.24) is 20.2 Å². The van der Waals surface area contributed by atoms with Gasteiger partial charge in [0, 0.05) is 50.1 Å². The van der Waals surface area contributed by atoms with E-state index in [1.165, 1.54) is 20.4 Å². The highest BCUT2D eigenvalue weighted by atomic mass is 16.5. The Morgan fingerprint density at radius 3 is 2.54 bits per heavy atom. The van der Waals surface area contributed by atoms with E-state index >= 15 is 0 Å². The Balaban J connectivity index is 1.45. The summed E-state index contributed by atoms with van der Waals surface area (Å²) >= 11 is 0. The molecule has 39 heavy (non-hydrogen) atoms. The first kappa shape index (κ1) is 28.1. The first-order valence-corrected chi connectivity index (χ1v) is 12.9. The van der Waals surface area contributed by atoms with Crippen LogP contribution in [0.25, 0.3) is 10.9 Å². The van der Waals surface area contributed by atoms with E-state index in [0.29, 0.717) is 30.3 Å². The summed E-state index contributed by atoms with van der Waals surface area (Å²) in [5.41, 5.74) is 2.39. The fourth-order valence-corrected chi connectivity index (χ4v) is 4.41. The van der Waals surface area contributed by atoms with Crippen molar-refractivity contribution in [2.24, 2.45) is 0 Å². The van der Waals surface area contributed by atoms with Crippen LogP contribution in [0.1, 0.15) is 18.9 Å². The van der Waals surface area contributed by atoms with Crippen molar-refractivity contribution in [2.45, 2.75) is 25.8 Å². The lowest BCUT2D eigenvalue weighted by atomic mass is 10.1. The second kappa shape index (κ2) is 13.7. The predicted molar refractivity (Wildman–Crippen MR) is 147 cm³/mol. The number of nitrogens with zero attached hydrogens (tertiary/aromatic N) is 3. The monoisotopic (exact) mass is 537 g/mol. The zero-order chi connectivity index (χ0) is 27.6. The molecule has 1 aliphatic rings. The largest absolute Gasteiger partial charge is 0.493 e. The molecule has 2 N–H and O–H groups in total. The molecule has 0 spiro atoms. The number of rotatable bonds is 12. The van der Waals surface area contributed by atoms with Crippen molar-refractivity contribution in [3.8, 4) is 11.5 Å². The van der Waals surface area contributed by atoms with Gasteiger partial charge in [-0.1, -0.05) is 12.1 Å². The molecule has 1 fully saturated rings.